The Morgan fingerprint density at radius 2 is 1.33 bits per heavy atom. The zero-order chi connectivity index (χ0) is 43.2. The number of phenolic OH excluding ortho intramolecular Hbond substituents is 1. The van der Waals surface area contributed by atoms with Crippen molar-refractivity contribution in [2.75, 3.05) is 23.0 Å². The van der Waals surface area contributed by atoms with E-state index in [-0.39, 0.29) is 22.7 Å². The Bertz CT molecular complexity index is 3120. The molecule has 4 aromatic carbocycles. The van der Waals surface area contributed by atoms with Crippen LogP contribution in [-0.2, 0) is 54.8 Å². The van der Waals surface area contributed by atoms with E-state index in [9.17, 15) is 69.6 Å². The Kier molecular flexibility index (Phi) is 12.0. The van der Waals surface area contributed by atoms with Gasteiger partial charge >= 0.3 is 10.4 Å². The molecule has 5 aromatic rings. The summed E-state index contributed by atoms with van der Waals surface area (Å²) in [5.74, 6) is -6.66. The fraction of sp³-hybridized carbons (Fsp3) is 0.0741. The Hall–Kier alpha value is -5.15. The summed E-state index contributed by atoms with van der Waals surface area (Å²) in [5.41, 5.74) is -2.97. The van der Waals surface area contributed by atoms with Gasteiger partial charge in [-0.1, -0.05) is 6.07 Å². The molecule has 1 heterocycles. The largest absolute Gasteiger partial charge is 0.505 e. The van der Waals surface area contributed by atoms with Crippen LogP contribution in [0.15, 0.2) is 84.4 Å². The first-order chi connectivity index (χ1) is 26.6. The van der Waals surface area contributed by atoms with E-state index in [1.807, 2.05) is 0 Å². The number of benzene rings is 4. The van der Waals surface area contributed by atoms with Gasteiger partial charge in [-0.15, -0.1) is 10.2 Å². The number of halogens is 3. The maximum absolute atomic E-state index is 14.0. The lowest BCUT2D eigenvalue weighted by molar-refractivity contribution is 0.284. The molecule has 0 unspecified atom stereocenters. The highest BCUT2D eigenvalue weighted by atomic mass is 35.5. The van der Waals surface area contributed by atoms with Crippen molar-refractivity contribution in [3.8, 4) is 5.75 Å². The number of nitrogens with one attached hydrogen (secondary N) is 2. The van der Waals surface area contributed by atoms with Crippen LogP contribution in [0, 0.1) is 11.6 Å². The quantitative estimate of drug-likeness (QED) is 0.0613. The lowest BCUT2D eigenvalue weighted by Crippen LogP contribution is -2.15. The number of anilines is 4. The van der Waals surface area contributed by atoms with E-state index in [1.54, 1.807) is 0 Å². The van der Waals surface area contributed by atoms with Gasteiger partial charge in [0.05, 0.1) is 27.8 Å². The summed E-state index contributed by atoms with van der Waals surface area (Å²) in [7, 11) is -25.1. The normalized spacial score (nSPS) is 12.9. The van der Waals surface area contributed by atoms with Gasteiger partial charge < -0.3 is 15.7 Å². The van der Waals surface area contributed by atoms with Crippen molar-refractivity contribution in [1.29, 1.82) is 0 Å². The number of rotatable bonds is 14. The van der Waals surface area contributed by atoms with Crippen LogP contribution < -0.4 is 10.6 Å². The number of hydrogen-bond donors (Lipinski definition) is 7. The maximum Gasteiger partial charge on any atom is 0.397 e. The van der Waals surface area contributed by atoms with Gasteiger partial charge in [0, 0.05) is 23.2 Å². The molecular weight excluding hydrogens is 912 g/mol. The highest BCUT2D eigenvalue weighted by Crippen LogP contribution is 2.46. The Balaban J connectivity index is 1.63. The van der Waals surface area contributed by atoms with Crippen molar-refractivity contribution < 1.29 is 78.4 Å². The zero-order valence-electron chi connectivity index (χ0n) is 27.7. The summed E-state index contributed by atoms with van der Waals surface area (Å²) in [4.78, 5) is 7.63. The molecule has 1 aromatic heterocycles. The summed E-state index contributed by atoms with van der Waals surface area (Å²) in [6.07, 6.45) is 0. The van der Waals surface area contributed by atoms with Crippen LogP contribution in [0.25, 0.3) is 10.8 Å². The van der Waals surface area contributed by atoms with Crippen LogP contribution in [0.2, 0.25) is 5.28 Å². The van der Waals surface area contributed by atoms with E-state index in [2.05, 4.69) is 40.0 Å². The third kappa shape index (κ3) is 10.5. The second-order valence-electron chi connectivity index (χ2n) is 11.1. The fourth-order valence-corrected chi connectivity index (χ4v) is 8.26. The molecule has 0 fully saturated rings. The van der Waals surface area contributed by atoms with Crippen molar-refractivity contribution in [2.45, 2.75) is 19.6 Å². The molecule has 0 bridgehead atoms. The molecule has 0 aliphatic heterocycles. The van der Waals surface area contributed by atoms with Gasteiger partial charge in [0.15, 0.2) is 27.2 Å². The van der Waals surface area contributed by atoms with Crippen LogP contribution in [0.1, 0.15) is 0 Å². The van der Waals surface area contributed by atoms with Gasteiger partial charge in [0.2, 0.25) is 17.2 Å². The number of sulfone groups is 1. The third-order valence-corrected chi connectivity index (χ3v) is 12.0. The number of phenols is 1. The van der Waals surface area contributed by atoms with Crippen molar-refractivity contribution >= 4 is 108 Å². The van der Waals surface area contributed by atoms with Crippen LogP contribution in [0.4, 0.5) is 43.4 Å². The van der Waals surface area contributed by atoms with E-state index >= 15 is 0 Å². The molecule has 310 valence electrons. The average molecular weight is 932 g/mol. The van der Waals surface area contributed by atoms with Crippen molar-refractivity contribution in [3.63, 3.8) is 0 Å². The minimum atomic E-state index is -5.47. The molecule has 0 spiro atoms. The summed E-state index contributed by atoms with van der Waals surface area (Å²) >= 11 is 6.06. The first-order valence-corrected chi connectivity index (χ1v) is 22.4. The van der Waals surface area contributed by atoms with E-state index in [0.29, 0.717) is 18.2 Å². The molecule has 23 nitrogen and oxygen atoms in total. The first-order valence-electron chi connectivity index (χ1n) is 14.7. The van der Waals surface area contributed by atoms with Crippen LogP contribution >= 0.6 is 11.6 Å². The summed E-state index contributed by atoms with van der Waals surface area (Å²) in [6, 6.07) is 6.69. The van der Waals surface area contributed by atoms with Gasteiger partial charge in [0.1, 0.15) is 21.2 Å². The molecule has 0 atom stereocenters. The van der Waals surface area contributed by atoms with Crippen LogP contribution in [0.3, 0.4) is 0 Å². The van der Waals surface area contributed by atoms with Gasteiger partial charge in [-0.25, -0.2) is 21.4 Å². The van der Waals surface area contributed by atoms with E-state index < -0.39 is 140 Å². The van der Waals surface area contributed by atoms with Crippen LogP contribution in [-0.4, -0.2) is 92.7 Å². The molecule has 31 heteroatoms. The first kappa shape index (κ1) is 44.0. The SMILES string of the molecule is O=S(=O)(O)OCCS(=O)(=O)c1cccc(Nc2nc(Cl)nc(Nc3cc(S(=O)(=O)O)cc4cc(S(=O)(=O)O)c(N=Nc5cc(F)c(F)cc5S(=O)(=O)O)c(O)c34)n2)c1. The molecule has 58 heavy (non-hydrogen) atoms. The van der Waals surface area contributed by atoms with Gasteiger partial charge in [0.25, 0.3) is 30.4 Å². The molecule has 5 rings (SSSR count). The number of aromatic hydroxyl groups is 1. The van der Waals surface area contributed by atoms with E-state index in [4.69, 9.17) is 16.2 Å². The Labute approximate surface area is 329 Å². The van der Waals surface area contributed by atoms with Gasteiger partial charge in [-0.3, -0.25) is 18.2 Å². The zero-order valence-corrected chi connectivity index (χ0v) is 32.6. The Morgan fingerprint density at radius 3 is 1.93 bits per heavy atom. The van der Waals surface area contributed by atoms with Gasteiger partial charge in [-0.05, 0) is 53.4 Å². The predicted octanol–water partition coefficient (Wildman–Crippen LogP) is 3.90. The fourth-order valence-electron chi connectivity index (χ4n) is 4.75. The number of fused-ring (bicyclic) bond motifs is 1. The number of aromatic nitrogens is 3. The second-order valence-corrected chi connectivity index (χ2v) is 18.8. The van der Waals surface area contributed by atoms with Crippen LogP contribution in [0.5, 0.6) is 5.75 Å². The van der Waals surface area contributed by atoms with E-state index in [0.717, 1.165) is 12.1 Å². The number of nitrogens with zero attached hydrogens (tertiary/aromatic N) is 5. The average Bonchev–Trinajstić information content (AvgIpc) is 3.06. The minimum Gasteiger partial charge on any atom is -0.505 e. The van der Waals surface area contributed by atoms with Crippen molar-refractivity contribution in [1.82, 2.24) is 15.0 Å². The summed E-state index contributed by atoms with van der Waals surface area (Å²) in [5, 5.41) is 21.4. The summed E-state index contributed by atoms with van der Waals surface area (Å²) < 4.78 is 190. The molecule has 0 aliphatic rings. The van der Waals surface area contributed by atoms with Crippen molar-refractivity contribution in [3.05, 3.63) is 71.5 Å². The molecular formula is C27H20ClF2N7O16S5. The number of hydrogen-bond acceptors (Lipinski definition) is 19. The topological polar surface area (TPSA) is 369 Å². The second kappa shape index (κ2) is 15.9. The monoisotopic (exact) mass is 931 g/mol. The molecule has 0 amide bonds. The lowest BCUT2D eigenvalue weighted by Gasteiger charge is -2.15. The Morgan fingerprint density at radius 1 is 0.707 bits per heavy atom. The smallest absolute Gasteiger partial charge is 0.397 e. The standard InChI is InChI=1S/C27H20ClF2N7O16S5/c28-25-33-26(31-13-2-1-3-14(8-13)54(39,40)5-4-53-58(50,51)52)35-27(34-25)32-19-9-15(55(41,42)43)6-12-7-21(57(47,48)49)23(24(38)22(12)19)37-36-18-10-16(29)17(30)11-20(18)56(44,45)46/h1-3,6-11,38H,4-5H2,(H,41,42,43)(H,44,45,46)(H,47,48,49)(H,50,51,52)(H2,31,32,33,34,35). The maximum atomic E-state index is 14.0. The summed E-state index contributed by atoms with van der Waals surface area (Å²) in [6.45, 7) is -0.926. The highest BCUT2D eigenvalue weighted by Gasteiger charge is 2.27. The van der Waals surface area contributed by atoms with Gasteiger partial charge in [-0.2, -0.15) is 48.6 Å². The van der Waals surface area contributed by atoms with Crippen molar-refractivity contribution in [2.24, 2.45) is 10.2 Å². The minimum absolute atomic E-state index is 0.00994. The highest BCUT2D eigenvalue weighted by molar-refractivity contribution is 7.91. The molecule has 0 saturated carbocycles. The third-order valence-electron chi connectivity index (χ3n) is 7.12. The molecule has 7 N–H and O–H groups in total. The number of azo groups is 1. The predicted molar refractivity (Wildman–Crippen MR) is 193 cm³/mol. The lowest BCUT2D eigenvalue weighted by atomic mass is 10.1. The van der Waals surface area contributed by atoms with E-state index in [1.165, 1.54) is 12.1 Å². The molecule has 0 aliphatic carbocycles. The molecule has 0 saturated heterocycles. The molecule has 0 radical (unpaired) electrons.